The first-order valence-electron chi connectivity index (χ1n) is 6.96. The van der Waals surface area contributed by atoms with E-state index >= 15 is 0 Å². The van der Waals surface area contributed by atoms with Crippen molar-refractivity contribution in [2.45, 2.75) is 51.6 Å². The lowest BCUT2D eigenvalue weighted by Gasteiger charge is -2.41. The van der Waals surface area contributed by atoms with Crippen molar-refractivity contribution in [2.24, 2.45) is 0 Å². The Morgan fingerprint density at radius 2 is 1.84 bits per heavy atom. The van der Waals surface area contributed by atoms with Crippen molar-refractivity contribution in [2.75, 3.05) is 0 Å². The fourth-order valence-electron chi connectivity index (χ4n) is 3.02. The number of hydrogen-bond acceptors (Lipinski definition) is 2. The van der Waals surface area contributed by atoms with Gasteiger partial charge in [-0.15, -0.1) is 0 Å². The van der Waals surface area contributed by atoms with E-state index in [1.165, 1.54) is 5.56 Å². The normalized spacial score (nSPS) is 23.5. The number of carbonyl (C=O) groups is 2. The first-order valence-corrected chi connectivity index (χ1v) is 6.96. The summed E-state index contributed by atoms with van der Waals surface area (Å²) in [7, 11) is 0. The van der Waals surface area contributed by atoms with Crippen molar-refractivity contribution >= 4 is 11.7 Å². The summed E-state index contributed by atoms with van der Waals surface area (Å²) >= 11 is 0. The van der Waals surface area contributed by atoms with Crippen LogP contribution < -0.4 is 0 Å². The number of carbonyl (C=O) groups excluding carboxylic acids is 2. The highest BCUT2D eigenvalue weighted by atomic mass is 16.2. The number of likely N-dealkylation sites (tertiary alicyclic amines) is 1. The molecular weight excluding hydrogens is 238 g/mol. The summed E-state index contributed by atoms with van der Waals surface area (Å²) in [5.74, 6) is 0.366. The molecule has 102 valence electrons. The average molecular weight is 259 g/mol. The van der Waals surface area contributed by atoms with Crippen LogP contribution in [0.5, 0.6) is 0 Å². The van der Waals surface area contributed by atoms with Crippen LogP contribution in [0.2, 0.25) is 0 Å². The summed E-state index contributed by atoms with van der Waals surface area (Å²) < 4.78 is 0. The Morgan fingerprint density at radius 1 is 1.21 bits per heavy atom. The van der Waals surface area contributed by atoms with Gasteiger partial charge in [0.2, 0.25) is 5.91 Å². The zero-order valence-electron chi connectivity index (χ0n) is 11.6. The van der Waals surface area contributed by atoms with Crippen LogP contribution in [0.15, 0.2) is 30.3 Å². The van der Waals surface area contributed by atoms with E-state index in [1.54, 1.807) is 6.92 Å². The van der Waals surface area contributed by atoms with E-state index in [-0.39, 0.29) is 23.8 Å². The largest absolute Gasteiger partial charge is 0.336 e. The molecule has 1 amide bonds. The summed E-state index contributed by atoms with van der Waals surface area (Å²) in [5, 5.41) is 0. The molecular formula is C16H21NO2. The Kier molecular flexibility index (Phi) is 4.35. The van der Waals surface area contributed by atoms with Crippen molar-refractivity contribution < 1.29 is 9.59 Å². The Labute approximate surface area is 114 Å². The molecule has 1 heterocycles. The molecule has 0 aromatic heterocycles. The Bertz CT molecular complexity index is 455. The number of piperidine rings is 1. The van der Waals surface area contributed by atoms with Crippen LogP contribution in [0, 0.1) is 0 Å². The third-order valence-corrected chi connectivity index (χ3v) is 3.86. The van der Waals surface area contributed by atoms with Gasteiger partial charge in [0.05, 0.1) is 0 Å². The number of hydrogen-bond donors (Lipinski definition) is 0. The molecule has 1 aliphatic rings. The maximum Gasteiger partial charge on any atom is 0.219 e. The van der Waals surface area contributed by atoms with Crippen molar-refractivity contribution in [3.05, 3.63) is 35.9 Å². The van der Waals surface area contributed by atoms with E-state index in [0.29, 0.717) is 12.8 Å². The predicted octanol–water partition coefficient (Wildman–Crippen LogP) is 2.59. The van der Waals surface area contributed by atoms with Crippen LogP contribution in [-0.4, -0.2) is 28.7 Å². The summed E-state index contributed by atoms with van der Waals surface area (Å²) in [6.45, 7) is 3.65. The third kappa shape index (κ3) is 3.22. The van der Waals surface area contributed by atoms with Gasteiger partial charge in [0.25, 0.3) is 0 Å². The predicted molar refractivity (Wildman–Crippen MR) is 74.8 cm³/mol. The lowest BCUT2D eigenvalue weighted by Crippen LogP contribution is -2.52. The maximum absolute atomic E-state index is 11.9. The number of Topliss-reactive ketones (excluding diaryl/α,β-unsaturated/α-hetero) is 1. The van der Waals surface area contributed by atoms with Gasteiger partial charge < -0.3 is 4.90 Å². The fourth-order valence-corrected chi connectivity index (χ4v) is 3.02. The molecule has 0 saturated carbocycles. The number of nitrogens with zero attached hydrogens (tertiary/aromatic N) is 1. The lowest BCUT2D eigenvalue weighted by molar-refractivity contribution is -0.140. The molecule has 0 radical (unpaired) electrons. The van der Waals surface area contributed by atoms with E-state index in [9.17, 15) is 9.59 Å². The van der Waals surface area contributed by atoms with E-state index in [4.69, 9.17) is 0 Å². The highest BCUT2D eigenvalue weighted by molar-refractivity contribution is 5.84. The van der Waals surface area contributed by atoms with Gasteiger partial charge in [-0.2, -0.15) is 0 Å². The minimum absolute atomic E-state index is 0.0195. The maximum atomic E-state index is 11.9. The van der Waals surface area contributed by atoms with Crippen molar-refractivity contribution in [3.8, 4) is 0 Å². The second-order valence-corrected chi connectivity index (χ2v) is 5.28. The average Bonchev–Trinajstić information content (AvgIpc) is 2.38. The minimum Gasteiger partial charge on any atom is -0.336 e. The molecule has 3 heteroatoms. The molecule has 0 aliphatic carbocycles. The zero-order chi connectivity index (χ0) is 13.8. The number of amides is 1. The summed E-state index contributed by atoms with van der Waals surface area (Å²) in [6, 6.07) is 10.2. The van der Waals surface area contributed by atoms with E-state index < -0.39 is 0 Å². The molecule has 0 N–H and O–H groups in total. The van der Waals surface area contributed by atoms with Crippen LogP contribution in [0.25, 0.3) is 0 Å². The Balaban J connectivity index is 2.19. The van der Waals surface area contributed by atoms with E-state index in [1.807, 2.05) is 30.0 Å². The highest BCUT2D eigenvalue weighted by Crippen LogP contribution is 2.25. The molecule has 0 spiro atoms. The summed E-state index contributed by atoms with van der Waals surface area (Å²) in [6.07, 6.45) is 2.62. The second-order valence-electron chi connectivity index (χ2n) is 5.28. The van der Waals surface area contributed by atoms with E-state index in [2.05, 4.69) is 12.1 Å². The van der Waals surface area contributed by atoms with Crippen LogP contribution >= 0.6 is 0 Å². The topological polar surface area (TPSA) is 37.4 Å². The molecule has 1 aromatic carbocycles. The van der Waals surface area contributed by atoms with Gasteiger partial charge in [0.15, 0.2) is 0 Å². The molecule has 1 aliphatic heterocycles. The van der Waals surface area contributed by atoms with Crippen LogP contribution in [-0.2, 0) is 16.0 Å². The number of rotatable bonds is 3. The Morgan fingerprint density at radius 3 is 2.42 bits per heavy atom. The van der Waals surface area contributed by atoms with Gasteiger partial charge in [-0.25, -0.2) is 0 Å². The lowest BCUT2D eigenvalue weighted by atomic mass is 9.89. The SMILES string of the molecule is CC[C@@H]1CC(=O)CC(Cc2ccccc2)N1C(C)=O. The number of ketones is 1. The third-order valence-electron chi connectivity index (χ3n) is 3.86. The zero-order valence-corrected chi connectivity index (χ0v) is 11.6. The first kappa shape index (κ1) is 13.8. The van der Waals surface area contributed by atoms with Crippen LogP contribution in [0.4, 0.5) is 0 Å². The van der Waals surface area contributed by atoms with Gasteiger partial charge in [-0.05, 0) is 18.4 Å². The van der Waals surface area contributed by atoms with Crippen LogP contribution in [0.3, 0.4) is 0 Å². The van der Waals surface area contributed by atoms with Crippen molar-refractivity contribution in [1.82, 2.24) is 4.90 Å². The molecule has 0 bridgehead atoms. The highest BCUT2D eigenvalue weighted by Gasteiger charge is 2.35. The Hall–Kier alpha value is -1.64. The molecule has 1 fully saturated rings. The standard InChI is InChI=1S/C16H21NO2/c1-3-14-10-16(19)11-15(17(14)12(2)18)9-13-7-5-4-6-8-13/h4-8,14-15H,3,9-11H2,1-2H3/t14-,15?/m1/s1. The summed E-state index contributed by atoms with van der Waals surface area (Å²) in [4.78, 5) is 25.7. The molecule has 1 aromatic rings. The second kappa shape index (κ2) is 6.00. The molecule has 1 saturated heterocycles. The molecule has 19 heavy (non-hydrogen) atoms. The van der Waals surface area contributed by atoms with Crippen LogP contribution in [0.1, 0.15) is 38.7 Å². The van der Waals surface area contributed by atoms with E-state index in [0.717, 1.165) is 12.8 Å². The van der Waals surface area contributed by atoms with Gasteiger partial charge in [0.1, 0.15) is 5.78 Å². The molecule has 1 unspecified atom stereocenters. The molecule has 2 rings (SSSR count). The quantitative estimate of drug-likeness (QED) is 0.836. The van der Waals surface area contributed by atoms with Gasteiger partial charge in [0, 0.05) is 31.8 Å². The summed E-state index contributed by atoms with van der Waals surface area (Å²) in [5.41, 5.74) is 1.18. The van der Waals surface area contributed by atoms with Crippen molar-refractivity contribution in [3.63, 3.8) is 0 Å². The molecule has 3 nitrogen and oxygen atoms in total. The smallest absolute Gasteiger partial charge is 0.219 e. The van der Waals surface area contributed by atoms with Gasteiger partial charge >= 0.3 is 0 Å². The fraction of sp³-hybridized carbons (Fsp3) is 0.500. The number of benzene rings is 1. The van der Waals surface area contributed by atoms with Crippen molar-refractivity contribution in [1.29, 1.82) is 0 Å². The van der Waals surface area contributed by atoms with Gasteiger partial charge in [-0.1, -0.05) is 37.3 Å². The monoisotopic (exact) mass is 259 g/mol. The molecule has 2 atom stereocenters. The van der Waals surface area contributed by atoms with Gasteiger partial charge in [-0.3, -0.25) is 9.59 Å². The first-order chi connectivity index (χ1) is 9.11. The minimum atomic E-state index is 0.0195.